The summed E-state index contributed by atoms with van der Waals surface area (Å²) in [7, 11) is -4.14. The van der Waals surface area contributed by atoms with Gasteiger partial charge in [-0.3, -0.25) is 4.98 Å². The van der Waals surface area contributed by atoms with Gasteiger partial charge in [0.05, 0.1) is 12.3 Å². The van der Waals surface area contributed by atoms with Crippen LogP contribution in [-0.4, -0.2) is 39.7 Å². The van der Waals surface area contributed by atoms with Gasteiger partial charge in [-0.2, -0.15) is 0 Å². The number of aromatic nitrogens is 2. The van der Waals surface area contributed by atoms with Crippen LogP contribution in [0.1, 0.15) is 31.9 Å². The number of hydrogen-bond donors (Lipinski definition) is 3. The Bertz CT molecular complexity index is 1250. The molecule has 0 fully saturated rings. The first-order valence-electron chi connectivity index (χ1n) is 10.2. The number of halogens is 1. The minimum Gasteiger partial charge on any atom is -0.465 e. The highest BCUT2D eigenvalue weighted by Crippen LogP contribution is 2.32. The van der Waals surface area contributed by atoms with Crippen LogP contribution >= 0.6 is 0 Å². The zero-order valence-corrected chi connectivity index (χ0v) is 19.3. The van der Waals surface area contributed by atoms with E-state index in [0.29, 0.717) is 5.56 Å². The summed E-state index contributed by atoms with van der Waals surface area (Å²) in [5.41, 5.74) is 0.120. The van der Waals surface area contributed by atoms with Crippen molar-refractivity contribution in [2.75, 3.05) is 0 Å². The van der Waals surface area contributed by atoms with E-state index in [1.807, 2.05) is 20.8 Å². The lowest BCUT2D eigenvalue weighted by Gasteiger charge is -2.30. The first-order valence-corrected chi connectivity index (χ1v) is 11.6. The molecule has 2 aromatic heterocycles. The number of nitrogens with one attached hydrogen (secondary N) is 1. The van der Waals surface area contributed by atoms with Gasteiger partial charge in [0.15, 0.2) is 0 Å². The summed E-state index contributed by atoms with van der Waals surface area (Å²) in [6, 6.07) is 8.23. The van der Waals surface area contributed by atoms with Crippen LogP contribution in [0.15, 0.2) is 59.9 Å². The number of pyridine rings is 1. The Hall–Kier alpha value is -3.24. The SMILES string of the molecule is CC(C)(C)C(Cc1cc(-c2cccc(CO)c2F)n(S(=O)(=O)c2cccnc2)c1)NC(=O)O. The number of hydrogen-bond acceptors (Lipinski definition) is 5. The Morgan fingerprint density at radius 2 is 1.97 bits per heavy atom. The third kappa shape index (κ3) is 5.23. The van der Waals surface area contributed by atoms with E-state index in [2.05, 4.69) is 10.3 Å². The normalized spacial score (nSPS) is 13.0. The first-order chi connectivity index (χ1) is 15.4. The number of carbonyl (C=O) groups is 1. The lowest BCUT2D eigenvalue weighted by molar-refractivity contribution is 0.174. The zero-order chi connectivity index (χ0) is 24.4. The molecule has 1 unspecified atom stereocenters. The molecule has 0 aliphatic carbocycles. The van der Waals surface area contributed by atoms with Gasteiger partial charge in [0.1, 0.15) is 10.7 Å². The molecule has 3 N–H and O–H groups in total. The molecule has 3 rings (SSSR count). The third-order valence-corrected chi connectivity index (χ3v) is 7.00. The molecule has 8 nitrogen and oxygen atoms in total. The molecule has 0 aliphatic rings. The molecule has 0 bridgehead atoms. The fourth-order valence-electron chi connectivity index (χ4n) is 3.48. The van der Waals surface area contributed by atoms with Gasteiger partial charge < -0.3 is 15.5 Å². The van der Waals surface area contributed by atoms with Gasteiger partial charge >= 0.3 is 6.09 Å². The summed E-state index contributed by atoms with van der Waals surface area (Å²) < 4.78 is 42.9. The number of aliphatic hydroxyl groups excluding tert-OH is 1. The van der Waals surface area contributed by atoms with Gasteiger partial charge in [-0.15, -0.1) is 0 Å². The van der Waals surface area contributed by atoms with Crippen molar-refractivity contribution >= 4 is 16.1 Å². The van der Waals surface area contributed by atoms with E-state index in [-0.39, 0.29) is 28.1 Å². The molecule has 0 saturated carbocycles. The Morgan fingerprint density at radius 3 is 2.55 bits per heavy atom. The highest BCUT2D eigenvalue weighted by Gasteiger charge is 2.29. The van der Waals surface area contributed by atoms with Gasteiger partial charge in [-0.25, -0.2) is 21.6 Å². The van der Waals surface area contributed by atoms with E-state index < -0.39 is 40.0 Å². The van der Waals surface area contributed by atoms with Crippen molar-refractivity contribution in [1.82, 2.24) is 14.3 Å². The van der Waals surface area contributed by atoms with Crippen LogP contribution < -0.4 is 5.32 Å². The van der Waals surface area contributed by atoms with Gasteiger partial charge in [-0.05, 0) is 41.7 Å². The van der Waals surface area contributed by atoms with Crippen molar-refractivity contribution in [3.05, 3.63) is 71.9 Å². The quantitative estimate of drug-likeness (QED) is 0.480. The van der Waals surface area contributed by atoms with Gasteiger partial charge in [-0.1, -0.05) is 32.9 Å². The fourth-order valence-corrected chi connectivity index (χ4v) is 4.83. The molecule has 0 radical (unpaired) electrons. The number of benzene rings is 1. The molecule has 1 atom stereocenters. The van der Waals surface area contributed by atoms with Crippen LogP contribution in [0.5, 0.6) is 0 Å². The molecule has 10 heteroatoms. The summed E-state index contributed by atoms with van der Waals surface area (Å²) in [6.45, 7) is 5.05. The Labute approximate surface area is 191 Å². The molecule has 3 aromatic rings. The maximum atomic E-state index is 15.1. The van der Waals surface area contributed by atoms with E-state index in [1.165, 1.54) is 55.0 Å². The maximum Gasteiger partial charge on any atom is 0.404 e. The minimum absolute atomic E-state index is 0.00114. The second kappa shape index (κ2) is 9.32. The number of amides is 1. The number of nitrogens with zero attached hydrogens (tertiary/aromatic N) is 2. The number of aliphatic hydroxyl groups is 1. The van der Waals surface area contributed by atoms with E-state index >= 15 is 4.39 Å². The Balaban J connectivity index is 2.20. The highest BCUT2D eigenvalue weighted by atomic mass is 32.2. The number of carboxylic acid groups (broad SMARTS) is 1. The molecule has 176 valence electrons. The fraction of sp³-hybridized carbons (Fsp3) is 0.304. The molecule has 0 spiro atoms. The molecule has 0 saturated heterocycles. The van der Waals surface area contributed by atoms with Crippen molar-refractivity contribution in [3.63, 3.8) is 0 Å². The highest BCUT2D eigenvalue weighted by molar-refractivity contribution is 7.90. The summed E-state index contributed by atoms with van der Waals surface area (Å²) >= 11 is 0. The Morgan fingerprint density at radius 1 is 1.24 bits per heavy atom. The van der Waals surface area contributed by atoms with Crippen LogP contribution in [0, 0.1) is 11.2 Å². The van der Waals surface area contributed by atoms with Crippen molar-refractivity contribution in [1.29, 1.82) is 0 Å². The van der Waals surface area contributed by atoms with Gasteiger partial charge in [0.2, 0.25) is 0 Å². The summed E-state index contributed by atoms with van der Waals surface area (Å²) in [4.78, 5) is 15.1. The second-order valence-electron chi connectivity index (χ2n) is 8.73. The Kier molecular flexibility index (Phi) is 6.89. The smallest absolute Gasteiger partial charge is 0.404 e. The van der Waals surface area contributed by atoms with Crippen molar-refractivity contribution < 1.29 is 27.8 Å². The predicted octanol–water partition coefficient (Wildman–Crippen LogP) is 3.64. The molecule has 1 amide bonds. The van der Waals surface area contributed by atoms with Crippen LogP contribution in [-0.2, 0) is 23.1 Å². The summed E-state index contributed by atoms with van der Waals surface area (Å²) in [6.07, 6.45) is 2.99. The monoisotopic (exact) mass is 475 g/mol. The van der Waals surface area contributed by atoms with E-state index in [1.54, 1.807) is 0 Å². The van der Waals surface area contributed by atoms with Gasteiger partial charge in [0.25, 0.3) is 10.0 Å². The predicted molar refractivity (Wildman–Crippen MR) is 121 cm³/mol. The third-order valence-electron chi connectivity index (χ3n) is 5.34. The summed E-state index contributed by atoms with van der Waals surface area (Å²) in [5.74, 6) is -0.733. The average Bonchev–Trinajstić information content (AvgIpc) is 3.17. The largest absolute Gasteiger partial charge is 0.465 e. The van der Waals surface area contributed by atoms with Gasteiger partial charge in [0, 0.05) is 35.8 Å². The number of rotatable bonds is 7. The van der Waals surface area contributed by atoms with E-state index in [9.17, 15) is 23.4 Å². The van der Waals surface area contributed by atoms with Crippen LogP contribution in [0.3, 0.4) is 0 Å². The molecule has 33 heavy (non-hydrogen) atoms. The average molecular weight is 476 g/mol. The lowest BCUT2D eigenvalue weighted by atomic mass is 9.83. The van der Waals surface area contributed by atoms with Crippen molar-refractivity contribution in [3.8, 4) is 11.3 Å². The zero-order valence-electron chi connectivity index (χ0n) is 18.5. The molecule has 2 heterocycles. The van der Waals surface area contributed by atoms with E-state index in [4.69, 9.17) is 0 Å². The topological polar surface area (TPSA) is 122 Å². The second-order valence-corrected chi connectivity index (χ2v) is 10.5. The molecular weight excluding hydrogens is 449 g/mol. The molecule has 0 aliphatic heterocycles. The van der Waals surface area contributed by atoms with Crippen molar-refractivity contribution in [2.45, 2.75) is 44.7 Å². The van der Waals surface area contributed by atoms with Crippen molar-refractivity contribution in [2.24, 2.45) is 5.41 Å². The molecular formula is C23H26FN3O5S. The molecule has 1 aromatic carbocycles. The maximum absolute atomic E-state index is 15.1. The lowest BCUT2D eigenvalue weighted by Crippen LogP contribution is -2.44. The van der Waals surface area contributed by atoms with E-state index in [0.717, 1.165) is 3.97 Å². The summed E-state index contributed by atoms with van der Waals surface area (Å²) in [5, 5.41) is 21.2. The minimum atomic E-state index is -4.14. The van der Waals surface area contributed by atoms with Crippen LogP contribution in [0.2, 0.25) is 0 Å². The van der Waals surface area contributed by atoms with Crippen LogP contribution in [0.4, 0.5) is 9.18 Å². The standard InChI is InChI=1S/C23H26FN3O5S/c1-23(2,3)20(26-22(29)30)11-15-10-19(18-8-4-6-16(14-28)21(18)24)27(13-15)33(31,32)17-7-5-9-25-12-17/h4-10,12-13,20,26,28H,11,14H2,1-3H3,(H,29,30). The first kappa shape index (κ1) is 24.4. The van der Waals surface area contributed by atoms with Crippen LogP contribution in [0.25, 0.3) is 11.3 Å².